The topological polar surface area (TPSA) is 69.6 Å². The highest BCUT2D eigenvalue weighted by atomic mass is 16.4. The van der Waals surface area contributed by atoms with Crippen molar-refractivity contribution in [2.45, 2.75) is 40.2 Å². The third kappa shape index (κ3) is 6.64. The lowest BCUT2D eigenvalue weighted by atomic mass is 9.99. The van der Waals surface area contributed by atoms with Gasteiger partial charge in [-0.15, -0.1) is 0 Å². The van der Waals surface area contributed by atoms with E-state index < -0.39 is 12.0 Å². The van der Waals surface area contributed by atoms with Crippen molar-refractivity contribution in [2.24, 2.45) is 11.8 Å². The van der Waals surface area contributed by atoms with Crippen LogP contribution in [0.1, 0.15) is 33.3 Å². The van der Waals surface area contributed by atoms with Crippen LogP contribution in [-0.4, -0.2) is 47.6 Å². The Kier molecular flexibility index (Phi) is 8.00. The Morgan fingerprint density at radius 1 is 0.964 bits per heavy atom. The normalized spacial score (nSPS) is 12.7. The van der Waals surface area contributed by atoms with E-state index >= 15 is 0 Å². The van der Waals surface area contributed by atoms with Gasteiger partial charge in [-0.3, -0.25) is 9.69 Å². The molecule has 2 aromatic rings. The number of rotatable bonds is 10. The first kappa shape index (κ1) is 21.9. The number of nitrogens with zero attached hydrogens (tertiary/aromatic N) is 1. The van der Waals surface area contributed by atoms with Crippen molar-refractivity contribution in [3.8, 4) is 0 Å². The third-order valence-corrected chi connectivity index (χ3v) is 4.55. The van der Waals surface area contributed by atoms with Crippen LogP contribution in [0.25, 0.3) is 10.8 Å². The van der Waals surface area contributed by atoms with Crippen LogP contribution in [0.15, 0.2) is 42.5 Å². The fourth-order valence-electron chi connectivity index (χ4n) is 3.57. The minimum Gasteiger partial charge on any atom is -0.480 e. The summed E-state index contributed by atoms with van der Waals surface area (Å²) in [5.41, 5.74) is 0.923. The minimum atomic E-state index is -1.01. The highest BCUT2D eigenvalue weighted by molar-refractivity contribution is 5.88. The van der Waals surface area contributed by atoms with Crippen LogP contribution < -0.4 is 5.32 Å². The Labute approximate surface area is 167 Å². The molecule has 0 heterocycles. The largest absolute Gasteiger partial charge is 0.480 e. The minimum absolute atomic E-state index is 0.218. The first-order chi connectivity index (χ1) is 13.3. The lowest BCUT2D eigenvalue weighted by molar-refractivity contribution is -0.142. The molecule has 0 saturated heterocycles. The summed E-state index contributed by atoms with van der Waals surface area (Å²) in [6, 6.07) is 12.8. The summed E-state index contributed by atoms with van der Waals surface area (Å²) in [4.78, 5) is 26.5. The first-order valence-electron chi connectivity index (χ1n) is 9.97. The van der Waals surface area contributed by atoms with E-state index in [4.69, 9.17) is 0 Å². The molecular weight excluding hydrogens is 352 g/mol. The first-order valence-corrected chi connectivity index (χ1v) is 9.97. The molecule has 0 aliphatic carbocycles. The summed E-state index contributed by atoms with van der Waals surface area (Å²) in [5.74, 6) is -0.371. The molecule has 5 heteroatoms. The fraction of sp³-hybridized carbons (Fsp3) is 0.478. The molecule has 0 bridgehead atoms. The number of benzene rings is 2. The standard InChI is InChI=1S/C23H32N2O3/c1-16(2)13-25(14-17(3)4)15-22(26)24-21(23(27)28)12-19-10-7-9-18-8-5-6-11-20(18)19/h5-11,16-17,21H,12-15H2,1-4H3,(H,24,26)(H,27,28)/t21-/m0/s1. The predicted octanol–water partition coefficient (Wildman–Crippen LogP) is 3.57. The molecule has 2 aromatic carbocycles. The quantitative estimate of drug-likeness (QED) is 0.657. The van der Waals surface area contributed by atoms with Crippen LogP contribution in [0.2, 0.25) is 0 Å². The molecular formula is C23H32N2O3. The molecule has 0 saturated carbocycles. The summed E-state index contributed by atoms with van der Waals surface area (Å²) in [6.07, 6.45) is 0.261. The van der Waals surface area contributed by atoms with Crippen LogP contribution >= 0.6 is 0 Å². The molecule has 0 unspecified atom stereocenters. The maximum absolute atomic E-state index is 12.6. The number of nitrogens with one attached hydrogen (secondary N) is 1. The zero-order chi connectivity index (χ0) is 20.7. The molecule has 2 N–H and O–H groups in total. The second-order valence-electron chi connectivity index (χ2n) is 8.28. The van der Waals surface area contributed by atoms with Gasteiger partial charge in [0.25, 0.3) is 0 Å². The summed E-state index contributed by atoms with van der Waals surface area (Å²) >= 11 is 0. The molecule has 0 aliphatic rings. The Bertz CT molecular complexity index is 786. The summed E-state index contributed by atoms with van der Waals surface area (Å²) in [7, 11) is 0. The van der Waals surface area contributed by atoms with Crippen molar-refractivity contribution < 1.29 is 14.7 Å². The average molecular weight is 385 g/mol. The average Bonchev–Trinajstić information content (AvgIpc) is 2.60. The molecule has 0 spiro atoms. The summed E-state index contributed by atoms with van der Waals surface area (Å²) in [5, 5.41) is 14.5. The van der Waals surface area contributed by atoms with Gasteiger partial charge in [0, 0.05) is 19.5 Å². The SMILES string of the molecule is CC(C)CN(CC(=O)N[C@@H](Cc1cccc2ccccc12)C(=O)O)CC(C)C. The molecule has 2 rings (SSSR count). The van der Waals surface area contributed by atoms with E-state index in [9.17, 15) is 14.7 Å². The number of hydrogen-bond donors (Lipinski definition) is 2. The van der Waals surface area contributed by atoms with E-state index in [0.717, 1.165) is 29.4 Å². The van der Waals surface area contributed by atoms with Crippen molar-refractivity contribution in [3.05, 3.63) is 48.0 Å². The number of carbonyl (C=O) groups is 2. The van der Waals surface area contributed by atoms with Gasteiger partial charge in [0.2, 0.25) is 5.91 Å². The van der Waals surface area contributed by atoms with E-state index in [1.165, 1.54) is 0 Å². The number of aliphatic carboxylic acids is 1. The van der Waals surface area contributed by atoms with Gasteiger partial charge in [-0.05, 0) is 28.2 Å². The van der Waals surface area contributed by atoms with Crippen LogP contribution in [-0.2, 0) is 16.0 Å². The van der Waals surface area contributed by atoms with Crippen LogP contribution in [0.4, 0.5) is 0 Å². The molecule has 0 radical (unpaired) electrons. The Hall–Kier alpha value is -2.40. The summed E-state index contributed by atoms with van der Waals surface area (Å²) in [6.45, 7) is 10.3. The van der Waals surface area contributed by atoms with Gasteiger partial charge in [0.05, 0.1) is 6.54 Å². The summed E-state index contributed by atoms with van der Waals surface area (Å²) < 4.78 is 0. The van der Waals surface area contributed by atoms with Crippen molar-refractivity contribution >= 4 is 22.6 Å². The van der Waals surface area contributed by atoms with Gasteiger partial charge in [-0.1, -0.05) is 70.2 Å². The van der Waals surface area contributed by atoms with E-state index in [2.05, 4.69) is 37.9 Å². The monoisotopic (exact) mass is 384 g/mol. The highest BCUT2D eigenvalue weighted by Crippen LogP contribution is 2.20. The van der Waals surface area contributed by atoms with Gasteiger partial charge in [-0.2, -0.15) is 0 Å². The second-order valence-corrected chi connectivity index (χ2v) is 8.28. The smallest absolute Gasteiger partial charge is 0.326 e. The predicted molar refractivity (Wildman–Crippen MR) is 113 cm³/mol. The molecule has 0 fully saturated rings. The van der Waals surface area contributed by atoms with Gasteiger partial charge >= 0.3 is 5.97 Å². The number of hydrogen-bond acceptors (Lipinski definition) is 3. The Morgan fingerprint density at radius 3 is 2.18 bits per heavy atom. The van der Waals surface area contributed by atoms with E-state index in [0.29, 0.717) is 11.8 Å². The molecule has 0 aliphatic heterocycles. The number of carbonyl (C=O) groups excluding carboxylic acids is 1. The van der Waals surface area contributed by atoms with E-state index in [1.807, 2.05) is 42.5 Å². The van der Waals surface area contributed by atoms with Crippen LogP contribution in [0.3, 0.4) is 0 Å². The molecule has 152 valence electrons. The third-order valence-electron chi connectivity index (χ3n) is 4.55. The molecule has 1 atom stereocenters. The molecule has 28 heavy (non-hydrogen) atoms. The Balaban J connectivity index is 2.09. The zero-order valence-corrected chi connectivity index (χ0v) is 17.3. The molecule has 1 amide bonds. The Morgan fingerprint density at radius 2 is 1.57 bits per heavy atom. The van der Waals surface area contributed by atoms with E-state index in [1.54, 1.807) is 0 Å². The number of amides is 1. The number of carboxylic acids is 1. The van der Waals surface area contributed by atoms with Crippen molar-refractivity contribution in [1.29, 1.82) is 0 Å². The van der Waals surface area contributed by atoms with Crippen molar-refractivity contribution in [1.82, 2.24) is 10.2 Å². The maximum Gasteiger partial charge on any atom is 0.326 e. The number of carboxylic acid groups (broad SMARTS) is 1. The maximum atomic E-state index is 12.6. The lowest BCUT2D eigenvalue weighted by Gasteiger charge is -2.26. The lowest BCUT2D eigenvalue weighted by Crippen LogP contribution is -2.47. The fourth-order valence-corrected chi connectivity index (χ4v) is 3.57. The molecule has 5 nitrogen and oxygen atoms in total. The molecule has 0 aromatic heterocycles. The van der Waals surface area contributed by atoms with Crippen LogP contribution in [0.5, 0.6) is 0 Å². The number of fused-ring (bicyclic) bond motifs is 1. The van der Waals surface area contributed by atoms with Gasteiger partial charge in [0.15, 0.2) is 0 Å². The zero-order valence-electron chi connectivity index (χ0n) is 17.3. The van der Waals surface area contributed by atoms with Crippen molar-refractivity contribution in [2.75, 3.05) is 19.6 Å². The van der Waals surface area contributed by atoms with Crippen LogP contribution in [0, 0.1) is 11.8 Å². The van der Waals surface area contributed by atoms with Crippen molar-refractivity contribution in [3.63, 3.8) is 0 Å². The van der Waals surface area contributed by atoms with Gasteiger partial charge < -0.3 is 10.4 Å². The van der Waals surface area contributed by atoms with Gasteiger partial charge in [0.1, 0.15) is 6.04 Å². The highest BCUT2D eigenvalue weighted by Gasteiger charge is 2.23. The second kappa shape index (κ2) is 10.2. The van der Waals surface area contributed by atoms with E-state index in [-0.39, 0.29) is 18.9 Å². The van der Waals surface area contributed by atoms with Gasteiger partial charge in [-0.25, -0.2) is 4.79 Å².